The van der Waals surface area contributed by atoms with Crippen molar-refractivity contribution in [2.24, 2.45) is 0 Å². The lowest BCUT2D eigenvalue weighted by atomic mass is 10.1. The van der Waals surface area contributed by atoms with Crippen molar-refractivity contribution in [3.05, 3.63) is 52.2 Å². The summed E-state index contributed by atoms with van der Waals surface area (Å²) in [6, 6.07) is 6.75. The van der Waals surface area contributed by atoms with Gasteiger partial charge in [-0.2, -0.15) is 0 Å². The summed E-state index contributed by atoms with van der Waals surface area (Å²) in [6.45, 7) is 2.05. The first kappa shape index (κ1) is 17.5. The molecule has 1 aliphatic rings. The topological polar surface area (TPSA) is 70.4 Å². The number of ether oxygens (including phenoxy) is 2. The number of nitrogens with zero attached hydrogens (tertiary/aromatic N) is 2. The van der Waals surface area contributed by atoms with Gasteiger partial charge in [0, 0.05) is 11.3 Å². The highest BCUT2D eigenvalue weighted by Gasteiger charge is 2.34. The second-order valence-corrected chi connectivity index (χ2v) is 7.00. The third kappa shape index (κ3) is 3.84. The Balaban J connectivity index is 1.78. The van der Waals surface area contributed by atoms with Crippen molar-refractivity contribution in [3.63, 3.8) is 0 Å². The quantitative estimate of drug-likeness (QED) is 0.600. The van der Waals surface area contributed by atoms with Crippen LogP contribution in [0.25, 0.3) is 0 Å². The van der Waals surface area contributed by atoms with E-state index in [1.807, 2.05) is 6.92 Å². The molecular weight excluding hydrogens is 347 g/mol. The van der Waals surface area contributed by atoms with E-state index in [1.165, 1.54) is 53.8 Å². The monoisotopic (exact) mass is 364 g/mol. The lowest BCUT2D eigenvalue weighted by molar-refractivity contribution is -0.141. The second-order valence-electron chi connectivity index (χ2n) is 5.65. The molecule has 0 fully saturated rings. The Morgan fingerprint density at radius 3 is 2.76 bits per heavy atom. The molecule has 8 heteroatoms. The number of hydrogen-bond donors (Lipinski definition) is 0. The van der Waals surface area contributed by atoms with Gasteiger partial charge < -0.3 is 9.47 Å². The number of esters is 1. The van der Waals surface area contributed by atoms with Crippen LogP contribution in [0.2, 0.25) is 0 Å². The molecule has 0 saturated carbocycles. The Hall–Kier alpha value is -2.35. The third-order valence-electron chi connectivity index (χ3n) is 3.94. The van der Waals surface area contributed by atoms with Gasteiger partial charge in [0.1, 0.15) is 18.2 Å². The minimum atomic E-state index is -0.360. The van der Waals surface area contributed by atoms with Crippen molar-refractivity contribution < 1.29 is 18.7 Å². The molecule has 0 radical (unpaired) electrons. The number of methoxy groups -OCH3 is 1. The average molecular weight is 364 g/mol. The summed E-state index contributed by atoms with van der Waals surface area (Å²) in [5, 5.41) is 0.596. The van der Waals surface area contributed by atoms with Gasteiger partial charge in [-0.1, -0.05) is 18.7 Å². The van der Waals surface area contributed by atoms with Crippen molar-refractivity contribution >= 4 is 17.7 Å². The summed E-state index contributed by atoms with van der Waals surface area (Å²) in [5.41, 5.74) is 0.257. The number of hydrogen-bond acceptors (Lipinski definition) is 6. The molecule has 0 saturated heterocycles. The van der Waals surface area contributed by atoms with E-state index in [4.69, 9.17) is 9.47 Å². The molecule has 0 bridgehead atoms. The zero-order valence-electron chi connectivity index (χ0n) is 13.8. The van der Waals surface area contributed by atoms with Gasteiger partial charge in [0.25, 0.3) is 5.56 Å². The molecule has 0 aliphatic carbocycles. The molecule has 6 nitrogen and oxygen atoms in total. The second kappa shape index (κ2) is 7.26. The van der Waals surface area contributed by atoms with E-state index in [1.54, 1.807) is 0 Å². The fraction of sp³-hybridized carbons (Fsp3) is 0.353. The maximum atomic E-state index is 12.9. The minimum Gasteiger partial charge on any atom is -0.487 e. The predicted molar refractivity (Wildman–Crippen MR) is 90.2 cm³/mol. The summed E-state index contributed by atoms with van der Waals surface area (Å²) >= 11 is 1.44. The maximum absolute atomic E-state index is 12.9. The number of benzene rings is 1. The molecule has 2 atom stereocenters. The maximum Gasteiger partial charge on any atom is 0.307 e. The molecule has 2 unspecified atom stereocenters. The Kier molecular flexibility index (Phi) is 5.08. The smallest absolute Gasteiger partial charge is 0.307 e. The molecule has 1 aliphatic heterocycles. The molecule has 0 spiro atoms. The lowest BCUT2D eigenvalue weighted by Gasteiger charge is -2.15. The van der Waals surface area contributed by atoms with Crippen LogP contribution >= 0.6 is 11.8 Å². The van der Waals surface area contributed by atoms with Gasteiger partial charge in [-0.3, -0.25) is 14.2 Å². The van der Waals surface area contributed by atoms with Crippen LogP contribution in [0.1, 0.15) is 25.1 Å². The van der Waals surface area contributed by atoms with Crippen LogP contribution in [-0.4, -0.2) is 27.9 Å². The fourth-order valence-corrected chi connectivity index (χ4v) is 3.85. The number of carbonyl (C=O) groups is 1. The highest BCUT2D eigenvalue weighted by Crippen LogP contribution is 2.39. The van der Waals surface area contributed by atoms with E-state index >= 15 is 0 Å². The fourth-order valence-electron chi connectivity index (χ4n) is 2.63. The van der Waals surface area contributed by atoms with E-state index in [9.17, 15) is 14.0 Å². The largest absolute Gasteiger partial charge is 0.487 e. The zero-order valence-corrected chi connectivity index (χ0v) is 14.6. The Morgan fingerprint density at radius 2 is 2.08 bits per heavy atom. The van der Waals surface area contributed by atoms with Gasteiger partial charge in [-0.05, 0) is 24.3 Å². The summed E-state index contributed by atoms with van der Waals surface area (Å²) in [6.07, 6.45) is 0.130. The Bertz CT molecular complexity index is 838. The highest BCUT2D eigenvalue weighted by molar-refractivity contribution is 8.00. The third-order valence-corrected chi connectivity index (χ3v) is 5.13. The van der Waals surface area contributed by atoms with E-state index in [-0.39, 0.29) is 41.7 Å². The van der Waals surface area contributed by atoms with Crippen LogP contribution in [0.5, 0.6) is 5.75 Å². The molecule has 1 aromatic carbocycles. The molecule has 25 heavy (non-hydrogen) atoms. The van der Waals surface area contributed by atoms with Crippen LogP contribution < -0.4 is 10.3 Å². The summed E-state index contributed by atoms with van der Waals surface area (Å²) in [4.78, 5) is 28.5. The summed E-state index contributed by atoms with van der Waals surface area (Å²) in [5.74, 6) is -0.211. The van der Waals surface area contributed by atoms with Crippen molar-refractivity contribution in [1.82, 2.24) is 9.55 Å². The molecule has 1 aromatic heterocycles. The van der Waals surface area contributed by atoms with E-state index in [0.29, 0.717) is 16.6 Å². The Labute approximate surface area is 148 Å². The van der Waals surface area contributed by atoms with Crippen LogP contribution in [0.4, 0.5) is 4.39 Å². The Morgan fingerprint density at radius 1 is 1.36 bits per heavy atom. The molecule has 132 valence electrons. The van der Waals surface area contributed by atoms with Gasteiger partial charge in [0.2, 0.25) is 0 Å². The highest BCUT2D eigenvalue weighted by atomic mass is 32.2. The number of fused-ring (bicyclic) bond motifs is 1. The number of halogens is 1. The molecule has 3 rings (SSSR count). The predicted octanol–water partition coefficient (Wildman–Crippen LogP) is 2.56. The van der Waals surface area contributed by atoms with Crippen LogP contribution in [0.3, 0.4) is 0 Å². The molecule has 0 N–H and O–H groups in total. The first-order chi connectivity index (χ1) is 12.0. The van der Waals surface area contributed by atoms with E-state index in [0.717, 1.165) is 0 Å². The number of rotatable bonds is 5. The minimum absolute atomic E-state index is 0.0348. The van der Waals surface area contributed by atoms with Crippen molar-refractivity contribution in [1.29, 1.82) is 0 Å². The molecule has 0 amide bonds. The first-order valence-electron chi connectivity index (χ1n) is 7.72. The van der Waals surface area contributed by atoms with Crippen LogP contribution in [0.15, 0.2) is 40.3 Å². The van der Waals surface area contributed by atoms with E-state index < -0.39 is 0 Å². The average Bonchev–Trinajstić information content (AvgIpc) is 2.90. The SMILES string of the molecule is COC(=O)CC1C(C)Sc2nc(COc3ccc(F)cc3)cc(=O)n21. The lowest BCUT2D eigenvalue weighted by Crippen LogP contribution is -2.28. The number of aromatic nitrogens is 2. The van der Waals surface area contributed by atoms with E-state index in [2.05, 4.69) is 4.98 Å². The van der Waals surface area contributed by atoms with Crippen molar-refractivity contribution in [3.8, 4) is 5.75 Å². The van der Waals surface area contributed by atoms with Crippen LogP contribution in [-0.2, 0) is 16.1 Å². The van der Waals surface area contributed by atoms with Gasteiger partial charge in [-0.15, -0.1) is 0 Å². The first-order valence-corrected chi connectivity index (χ1v) is 8.60. The molecule has 2 aromatic rings. The normalized spacial score (nSPS) is 18.7. The summed E-state index contributed by atoms with van der Waals surface area (Å²) in [7, 11) is 1.33. The van der Waals surface area contributed by atoms with Gasteiger partial charge in [-0.25, -0.2) is 9.37 Å². The summed E-state index contributed by atoms with van der Waals surface area (Å²) < 4.78 is 24.7. The van der Waals surface area contributed by atoms with Gasteiger partial charge in [0.05, 0.1) is 25.3 Å². The molecule has 2 heterocycles. The van der Waals surface area contributed by atoms with Gasteiger partial charge >= 0.3 is 5.97 Å². The molecular formula is C17H17FN2O4S. The van der Waals surface area contributed by atoms with Crippen molar-refractivity contribution in [2.45, 2.75) is 36.4 Å². The van der Waals surface area contributed by atoms with Crippen LogP contribution in [0, 0.1) is 5.82 Å². The number of thioether (sulfide) groups is 1. The standard InChI is InChI=1S/C17H17FN2O4S/c1-10-14(8-16(22)23-2)20-15(21)7-12(19-17(20)25-10)9-24-13-5-3-11(18)4-6-13/h3-7,10,14H,8-9H2,1-2H3. The number of carbonyl (C=O) groups excluding carboxylic acids is 1. The van der Waals surface area contributed by atoms with Gasteiger partial charge in [0.15, 0.2) is 5.16 Å². The van der Waals surface area contributed by atoms with Crippen molar-refractivity contribution in [2.75, 3.05) is 7.11 Å². The zero-order chi connectivity index (χ0) is 18.0.